The SMILES string of the molecule is N#CN.O.O=C(O)O.[CaH2].[CaH2].[CaH2]. The average Bonchev–Trinajstić information content (AvgIpc) is 1.33. The molecule has 0 amide bonds. The summed E-state index contributed by atoms with van der Waals surface area (Å²) in [4.78, 5) is 8.56. The molecule has 11 heavy (non-hydrogen) atoms. The van der Waals surface area contributed by atoms with Crippen molar-refractivity contribution in [3.63, 3.8) is 0 Å². The normalized spacial score (nSPS) is 2.82. The molecule has 0 atom stereocenters. The molecule has 0 aliphatic rings. The number of carboxylic acid groups (broad SMARTS) is 2. The predicted octanol–water partition coefficient (Wildman–Crippen LogP) is -3.92. The van der Waals surface area contributed by atoms with Crippen LogP contribution in [0.1, 0.15) is 0 Å². The Balaban J connectivity index is -0.00000000848. The van der Waals surface area contributed by atoms with Gasteiger partial charge in [0.15, 0.2) is 6.19 Å². The zero-order valence-corrected chi connectivity index (χ0v) is 3.83. The van der Waals surface area contributed by atoms with E-state index in [1.807, 2.05) is 0 Å². The van der Waals surface area contributed by atoms with E-state index >= 15 is 0 Å². The molecular weight excluding hydrogens is 236 g/mol. The van der Waals surface area contributed by atoms with Crippen LogP contribution in [0, 0.1) is 11.5 Å². The molecule has 0 rings (SSSR count). The van der Waals surface area contributed by atoms with E-state index in [0.717, 1.165) is 0 Å². The first-order valence-electron chi connectivity index (χ1n) is 1.16. The third-order valence-corrected chi connectivity index (χ3v) is 0. The van der Waals surface area contributed by atoms with Gasteiger partial charge in [0.05, 0.1) is 0 Å². The van der Waals surface area contributed by atoms with E-state index in [9.17, 15) is 0 Å². The van der Waals surface area contributed by atoms with Gasteiger partial charge in [-0.2, -0.15) is 5.26 Å². The average molecular weight is 248 g/mol. The van der Waals surface area contributed by atoms with Gasteiger partial charge in [-0.3, -0.25) is 0 Å². The standard InChI is InChI=1S/CH2N2.CH2O3.3Ca.H2O.6H/c2-1-3;2-1(3)4;;;;;;;;;;/h2H2;(H2,2,3,4);;;;1H2;;;;;;. The summed E-state index contributed by atoms with van der Waals surface area (Å²) in [5, 5.41) is 21.0. The summed E-state index contributed by atoms with van der Waals surface area (Å²) < 4.78 is 0. The van der Waals surface area contributed by atoms with Crippen LogP contribution in [0.4, 0.5) is 4.79 Å². The van der Waals surface area contributed by atoms with Crippen LogP contribution in [-0.2, 0) is 0 Å². The summed E-state index contributed by atoms with van der Waals surface area (Å²) in [7, 11) is 0. The van der Waals surface area contributed by atoms with Gasteiger partial charge in [0.2, 0.25) is 0 Å². The second kappa shape index (κ2) is 39.6. The number of nitrogens with zero attached hydrogens (tertiary/aromatic N) is 1. The van der Waals surface area contributed by atoms with Crippen LogP contribution >= 0.6 is 0 Å². The van der Waals surface area contributed by atoms with Crippen molar-refractivity contribution in [2.45, 2.75) is 0 Å². The topological polar surface area (TPSA) is 139 Å². The van der Waals surface area contributed by atoms with E-state index in [1.54, 1.807) is 0 Å². The Morgan fingerprint density at radius 3 is 1.27 bits per heavy atom. The van der Waals surface area contributed by atoms with Crippen molar-refractivity contribution in [3.8, 4) is 6.19 Å². The quantitative estimate of drug-likeness (QED) is 0.228. The first kappa shape index (κ1) is 37.8. The number of hydrogen-bond donors (Lipinski definition) is 3. The minimum atomic E-state index is -1.83. The Bertz CT molecular complexity index is 89.8. The van der Waals surface area contributed by atoms with Crippen LogP contribution in [0.25, 0.3) is 0 Å². The third-order valence-electron chi connectivity index (χ3n) is 0. The van der Waals surface area contributed by atoms with Crippen LogP contribution in [0.5, 0.6) is 0 Å². The molecule has 0 aliphatic heterocycles. The molecule has 0 aromatic rings. The summed E-state index contributed by atoms with van der Waals surface area (Å²) >= 11 is 0. The van der Waals surface area contributed by atoms with Crippen LogP contribution in [0.15, 0.2) is 0 Å². The van der Waals surface area contributed by atoms with E-state index < -0.39 is 6.16 Å². The molecule has 0 aromatic heterocycles. The zero-order chi connectivity index (χ0) is 6.28. The van der Waals surface area contributed by atoms with Gasteiger partial charge in [-0.1, -0.05) is 0 Å². The summed E-state index contributed by atoms with van der Waals surface area (Å²) in [5.74, 6) is 0. The fraction of sp³-hybridized carbons (Fsp3) is 0. The summed E-state index contributed by atoms with van der Waals surface area (Å²) in [6.07, 6.45) is -0.583. The van der Waals surface area contributed by atoms with E-state index in [2.05, 4.69) is 5.73 Å². The van der Waals surface area contributed by atoms with Crippen molar-refractivity contribution in [2.75, 3.05) is 0 Å². The Morgan fingerprint density at radius 2 is 1.27 bits per heavy atom. The van der Waals surface area contributed by atoms with Crippen molar-refractivity contribution >= 4 is 119 Å². The molecule has 0 saturated carbocycles. The van der Waals surface area contributed by atoms with Crippen molar-refractivity contribution in [2.24, 2.45) is 5.73 Å². The number of nitriles is 1. The molecule has 0 aromatic carbocycles. The molecule has 0 fully saturated rings. The molecule has 6 N–H and O–H groups in total. The van der Waals surface area contributed by atoms with Gasteiger partial charge in [0.1, 0.15) is 0 Å². The van der Waals surface area contributed by atoms with Crippen LogP contribution in [-0.4, -0.2) is 135 Å². The minimum absolute atomic E-state index is 0. The maximum atomic E-state index is 8.56. The number of nitrogens with two attached hydrogens (primary N) is 1. The second-order valence-electron chi connectivity index (χ2n) is 0.412. The number of rotatable bonds is 0. The van der Waals surface area contributed by atoms with Crippen molar-refractivity contribution in [3.05, 3.63) is 0 Å². The van der Waals surface area contributed by atoms with Crippen molar-refractivity contribution < 1.29 is 20.5 Å². The molecule has 0 heterocycles. The first-order chi connectivity index (χ1) is 3.15. The summed E-state index contributed by atoms with van der Waals surface area (Å²) in [6, 6.07) is 0. The number of carbonyl (C=O) groups is 1. The molecule has 0 saturated heterocycles. The van der Waals surface area contributed by atoms with Crippen molar-refractivity contribution in [1.82, 2.24) is 0 Å². The molecular formula is C2H12Ca3N2O4. The molecule has 0 bridgehead atoms. The van der Waals surface area contributed by atoms with Crippen LogP contribution < -0.4 is 5.73 Å². The molecule has 9 heteroatoms. The predicted molar refractivity (Wildman–Crippen MR) is 49.7 cm³/mol. The zero-order valence-electron chi connectivity index (χ0n) is 3.83. The van der Waals surface area contributed by atoms with Crippen LogP contribution in [0.3, 0.4) is 0 Å². The van der Waals surface area contributed by atoms with Crippen LogP contribution in [0.2, 0.25) is 0 Å². The van der Waals surface area contributed by atoms with Gasteiger partial charge in [-0.05, 0) is 0 Å². The Kier molecular flexibility index (Phi) is 136. The monoisotopic (exact) mass is 248 g/mol. The van der Waals surface area contributed by atoms with Gasteiger partial charge < -0.3 is 21.4 Å². The van der Waals surface area contributed by atoms with E-state index in [4.69, 9.17) is 20.3 Å². The van der Waals surface area contributed by atoms with Gasteiger partial charge in [-0.25, -0.2) is 4.79 Å². The Hall–Kier alpha value is 2.30. The molecule has 0 radical (unpaired) electrons. The Labute approximate surface area is 153 Å². The summed E-state index contributed by atoms with van der Waals surface area (Å²) in [5.41, 5.74) is 4.15. The van der Waals surface area contributed by atoms with Gasteiger partial charge in [0.25, 0.3) is 0 Å². The van der Waals surface area contributed by atoms with Gasteiger partial charge >= 0.3 is 119 Å². The van der Waals surface area contributed by atoms with Gasteiger partial charge in [0, 0.05) is 0 Å². The molecule has 6 nitrogen and oxygen atoms in total. The third kappa shape index (κ3) is 247. The molecule has 60 valence electrons. The molecule has 0 unspecified atom stereocenters. The van der Waals surface area contributed by atoms with E-state index in [1.165, 1.54) is 6.19 Å². The fourth-order valence-electron chi connectivity index (χ4n) is 0. The first-order valence-corrected chi connectivity index (χ1v) is 1.16. The Morgan fingerprint density at radius 1 is 1.27 bits per heavy atom. The van der Waals surface area contributed by atoms with Gasteiger partial charge in [-0.15, -0.1) is 0 Å². The second-order valence-corrected chi connectivity index (χ2v) is 0.412. The van der Waals surface area contributed by atoms with E-state index in [-0.39, 0.29) is 119 Å². The summed E-state index contributed by atoms with van der Waals surface area (Å²) in [6.45, 7) is 0. The fourth-order valence-corrected chi connectivity index (χ4v) is 0. The number of hydrogen-bond acceptors (Lipinski definition) is 3. The molecule has 0 aliphatic carbocycles. The maximum absolute atomic E-state index is 8.56. The van der Waals surface area contributed by atoms with Crippen molar-refractivity contribution in [1.29, 1.82) is 5.26 Å². The molecule has 0 spiro atoms. The van der Waals surface area contributed by atoms with E-state index in [0.29, 0.717) is 0 Å².